The topological polar surface area (TPSA) is 105 Å². The molecular formula is C26H24N2O5. The summed E-state index contributed by atoms with van der Waals surface area (Å²) in [6, 6.07) is 21.7. The van der Waals surface area contributed by atoms with Gasteiger partial charge in [0.05, 0.1) is 5.56 Å². The number of carboxylic acid groups (broad SMARTS) is 1. The predicted molar refractivity (Wildman–Crippen MR) is 124 cm³/mol. The van der Waals surface area contributed by atoms with Crippen LogP contribution in [-0.4, -0.2) is 35.7 Å². The molecule has 0 radical (unpaired) electrons. The number of rotatable bonds is 7. The molecule has 0 saturated carbocycles. The Balaban J connectivity index is 1.30. The minimum atomic E-state index is -1.07. The fourth-order valence-electron chi connectivity index (χ4n) is 4.11. The van der Waals surface area contributed by atoms with Gasteiger partial charge in [-0.15, -0.1) is 0 Å². The van der Waals surface area contributed by atoms with E-state index in [-0.39, 0.29) is 30.4 Å². The first kappa shape index (κ1) is 22.1. The van der Waals surface area contributed by atoms with Gasteiger partial charge in [0.25, 0.3) is 0 Å². The van der Waals surface area contributed by atoms with E-state index in [4.69, 9.17) is 9.84 Å². The highest BCUT2D eigenvalue weighted by Gasteiger charge is 2.29. The quantitative estimate of drug-likeness (QED) is 0.492. The standard InChI is InChI=1S/C26H24N2O5/c1-16(13-24(29)28-18-8-6-7-17(14-18)25(30)31)27-26(32)33-15-23-21-11-4-2-9-19(21)20-10-3-5-12-22(20)23/h2-12,14,16,23H,13,15H2,1H3,(H,27,32)(H,28,29)(H,30,31)/t16-/m0/s1. The molecule has 0 aliphatic heterocycles. The van der Waals surface area contributed by atoms with Crippen LogP contribution in [0.5, 0.6) is 0 Å². The molecule has 0 bridgehead atoms. The number of aromatic carboxylic acids is 1. The van der Waals surface area contributed by atoms with Gasteiger partial charge in [0.2, 0.25) is 5.91 Å². The second kappa shape index (κ2) is 9.56. The Hall–Kier alpha value is -4.13. The highest BCUT2D eigenvalue weighted by Crippen LogP contribution is 2.44. The number of carbonyl (C=O) groups is 3. The third-order valence-corrected chi connectivity index (χ3v) is 5.59. The number of anilines is 1. The van der Waals surface area contributed by atoms with Crippen molar-refractivity contribution >= 4 is 23.7 Å². The zero-order valence-corrected chi connectivity index (χ0v) is 18.1. The zero-order valence-electron chi connectivity index (χ0n) is 18.1. The smallest absolute Gasteiger partial charge is 0.407 e. The summed E-state index contributed by atoms with van der Waals surface area (Å²) >= 11 is 0. The van der Waals surface area contributed by atoms with Gasteiger partial charge in [-0.25, -0.2) is 9.59 Å². The largest absolute Gasteiger partial charge is 0.478 e. The van der Waals surface area contributed by atoms with Crippen molar-refractivity contribution in [3.05, 3.63) is 89.5 Å². The first-order valence-corrected chi connectivity index (χ1v) is 10.7. The Labute approximate surface area is 191 Å². The average Bonchev–Trinajstić information content (AvgIpc) is 3.11. The number of hydrogen-bond acceptors (Lipinski definition) is 4. The van der Waals surface area contributed by atoms with E-state index >= 15 is 0 Å². The summed E-state index contributed by atoms with van der Waals surface area (Å²) in [6.07, 6.45) is -0.577. The van der Waals surface area contributed by atoms with Gasteiger partial charge in [0.1, 0.15) is 6.61 Å². The van der Waals surface area contributed by atoms with Crippen molar-refractivity contribution in [2.75, 3.05) is 11.9 Å². The maximum atomic E-state index is 12.4. The molecule has 3 N–H and O–H groups in total. The van der Waals surface area contributed by atoms with Gasteiger partial charge in [0.15, 0.2) is 0 Å². The van der Waals surface area contributed by atoms with Crippen LogP contribution in [0.2, 0.25) is 0 Å². The van der Waals surface area contributed by atoms with E-state index in [0.29, 0.717) is 5.69 Å². The van der Waals surface area contributed by atoms with Gasteiger partial charge in [-0.3, -0.25) is 4.79 Å². The van der Waals surface area contributed by atoms with Gasteiger partial charge < -0.3 is 20.5 Å². The highest BCUT2D eigenvalue weighted by atomic mass is 16.5. The molecule has 0 aromatic heterocycles. The van der Waals surface area contributed by atoms with Crippen LogP contribution in [0.4, 0.5) is 10.5 Å². The van der Waals surface area contributed by atoms with Gasteiger partial charge in [-0.05, 0) is 47.4 Å². The van der Waals surface area contributed by atoms with E-state index in [1.54, 1.807) is 19.1 Å². The minimum absolute atomic E-state index is 0.0154. The van der Waals surface area contributed by atoms with Crippen molar-refractivity contribution < 1.29 is 24.2 Å². The van der Waals surface area contributed by atoms with E-state index in [0.717, 1.165) is 22.3 Å². The van der Waals surface area contributed by atoms with Crippen LogP contribution < -0.4 is 10.6 Å². The van der Waals surface area contributed by atoms with E-state index in [2.05, 4.69) is 22.8 Å². The number of nitrogens with one attached hydrogen (secondary N) is 2. The maximum Gasteiger partial charge on any atom is 0.407 e. The van der Waals surface area contributed by atoms with Crippen molar-refractivity contribution in [3.63, 3.8) is 0 Å². The summed E-state index contributed by atoms with van der Waals surface area (Å²) in [6.45, 7) is 1.90. The van der Waals surface area contributed by atoms with Crippen molar-refractivity contribution in [2.24, 2.45) is 0 Å². The van der Waals surface area contributed by atoms with Crippen molar-refractivity contribution in [1.29, 1.82) is 0 Å². The molecule has 168 valence electrons. The third-order valence-electron chi connectivity index (χ3n) is 5.59. The molecule has 2 amide bonds. The molecule has 7 heteroatoms. The molecule has 0 heterocycles. The number of alkyl carbamates (subject to hydrolysis) is 1. The lowest BCUT2D eigenvalue weighted by molar-refractivity contribution is -0.116. The average molecular weight is 444 g/mol. The van der Waals surface area contributed by atoms with Crippen molar-refractivity contribution in [2.45, 2.75) is 25.3 Å². The number of benzene rings is 3. The number of carbonyl (C=O) groups excluding carboxylic acids is 2. The number of fused-ring (bicyclic) bond motifs is 3. The summed E-state index contributed by atoms with van der Waals surface area (Å²) in [5, 5.41) is 14.4. The highest BCUT2D eigenvalue weighted by molar-refractivity contribution is 5.94. The lowest BCUT2D eigenvalue weighted by atomic mass is 9.98. The Morgan fingerprint density at radius 3 is 2.21 bits per heavy atom. The van der Waals surface area contributed by atoms with Crippen molar-refractivity contribution in [3.8, 4) is 11.1 Å². The van der Waals surface area contributed by atoms with E-state index in [1.807, 2.05) is 36.4 Å². The molecule has 0 fully saturated rings. The van der Waals surface area contributed by atoms with Gasteiger partial charge >= 0.3 is 12.1 Å². The summed E-state index contributed by atoms with van der Waals surface area (Å²) in [5.74, 6) is -1.45. The van der Waals surface area contributed by atoms with Crippen molar-refractivity contribution in [1.82, 2.24) is 5.32 Å². The Morgan fingerprint density at radius 2 is 1.58 bits per heavy atom. The molecule has 33 heavy (non-hydrogen) atoms. The monoisotopic (exact) mass is 444 g/mol. The molecule has 1 aliphatic rings. The van der Waals surface area contributed by atoms with Gasteiger partial charge in [-0.1, -0.05) is 54.6 Å². The van der Waals surface area contributed by atoms with Crippen LogP contribution in [0.15, 0.2) is 72.8 Å². The number of ether oxygens (including phenoxy) is 1. The van der Waals surface area contributed by atoms with Crippen LogP contribution in [-0.2, 0) is 9.53 Å². The molecule has 3 aromatic carbocycles. The van der Waals surface area contributed by atoms with E-state index in [9.17, 15) is 14.4 Å². The second-order valence-electron chi connectivity index (χ2n) is 8.01. The molecule has 7 nitrogen and oxygen atoms in total. The van der Waals surface area contributed by atoms with Crippen LogP contribution in [0.25, 0.3) is 11.1 Å². The Bertz CT molecular complexity index is 1160. The van der Waals surface area contributed by atoms with Crippen LogP contribution >= 0.6 is 0 Å². The predicted octanol–water partition coefficient (Wildman–Crippen LogP) is 4.64. The summed E-state index contributed by atoms with van der Waals surface area (Å²) in [4.78, 5) is 35.7. The molecule has 1 atom stereocenters. The summed E-state index contributed by atoms with van der Waals surface area (Å²) < 4.78 is 5.51. The fourth-order valence-corrected chi connectivity index (χ4v) is 4.11. The van der Waals surface area contributed by atoms with E-state index in [1.165, 1.54) is 12.1 Å². The lowest BCUT2D eigenvalue weighted by Gasteiger charge is -2.17. The minimum Gasteiger partial charge on any atom is -0.478 e. The van der Waals surface area contributed by atoms with E-state index < -0.39 is 18.1 Å². The molecule has 0 spiro atoms. The maximum absolute atomic E-state index is 12.4. The molecule has 0 unspecified atom stereocenters. The Morgan fingerprint density at radius 1 is 0.939 bits per heavy atom. The SMILES string of the molecule is C[C@@H](CC(=O)Nc1cccc(C(=O)O)c1)NC(=O)OCC1c2ccccc2-c2ccccc21. The van der Waals surface area contributed by atoms with Gasteiger partial charge in [0, 0.05) is 24.1 Å². The molecule has 3 aromatic rings. The second-order valence-corrected chi connectivity index (χ2v) is 8.01. The molecule has 0 saturated heterocycles. The molecular weight excluding hydrogens is 420 g/mol. The van der Waals surface area contributed by atoms with Gasteiger partial charge in [-0.2, -0.15) is 0 Å². The normalized spacial score (nSPS) is 12.9. The first-order valence-electron chi connectivity index (χ1n) is 10.7. The Kier molecular flexibility index (Phi) is 6.40. The fraction of sp³-hybridized carbons (Fsp3) is 0.192. The zero-order chi connectivity index (χ0) is 23.4. The summed E-state index contributed by atoms with van der Waals surface area (Å²) in [7, 11) is 0. The number of carboxylic acids is 1. The van der Waals surface area contributed by atoms with Crippen LogP contribution in [0, 0.1) is 0 Å². The number of hydrogen-bond donors (Lipinski definition) is 3. The third kappa shape index (κ3) is 5.03. The first-order chi connectivity index (χ1) is 15.9. The van der Waals surface area contributed by atoms with Crippen LogP contribution in [0.1, 0.15) is 40.7 Å². The number of amides is 2. The molecule has 4 rings (SSSR count). The lowest BCUT2D eigenvalue weighted by Crippen LogP contribution is -2.36. The summed E-state index contributed by atoms with van der Waals surface area (Å²) in [5.41, 5.74) is 5.02. The molecule has 1 aliphatic carbocycles. The van der Waals surface area contributed by atoms with Crippen LogP contribution in [0.3, 0.4) is 0 Å².